The Hall–Kier alpha value is -0.610. The number of carbonyl (C=O) groups excluding carboxylic acids is 1. The van der Waals surface area contributed by atoms with Gasteiger partial charge >= 0.3 is 5.97 Å². The number of esters is 1. The highest BCUT2D eigenvalue weighted by atomic mass is 16.5. The molecule has 0 aromatic carbocycles. The summed E-state index contributed by atoms with van der Waals surface area (Å²) in [5, 5.41) is 0. The Balaban J connectivity index is 2.65. The summed E-state index contributed by atoms with van der Waals surface area (Å²) in [6, 6.07) is 0. The van der Waals surface area contributed by atoms with Crippen LogP contribution < -0.4 is 5.73 Å². The third-order valence-electron chi connectivity index (χ3n) is 4.10. The van der Waals surface area contributed by atoms with Crippen LogP contribution in [0, 0.1) is 5.92 Å². The molecule has 0 bridgehead atoms. The highest BCUT2D eigenvalue weighted by molar-refractivity contribution is 5.82. The van der Waals surface area contributed by atoms with Gasteiger partial charge in [0.05, 0.1) is 6.61 Å². The molecule has 0 aromatic rings. The van der Waals surface area contributed by atoms with Gasteiger partial charge in [-0.1, -0.05) is 26.7 Å². The second-order valence-corrected chi connectivity index (χ2v) is 6.02. The molecular formula is C16H32N2O2. The van der Waals surface area contributed by atoms with Crippen LogP contribution in [-0.4, -0.2) is 42.6 Å². The number of nitrogens with zero attached hydrogens (tertiary/aromatic N) is 1. The van der Waals surface area contributed by atoms with E-state index >= 15 is 0 Å². The summed E-state index contributed by atoms with van der Waals surface area (Å²) in [6.45, 7) is 9.35. The van der Waals surface area contributed by atoms with Crippen molar-refractivity contribution in [2.24, 2.45) is 11.7 Å². The van der Waals surface area contributed by atoms with Crippen molar-refractivity contribution < 1.29 is 9.53 Å². The Morgan fingerprint density at radius 3 is 2.15 bits per heavy atom. The van der Waals surface area contributed by atoms with Crippen molar-refractivity contribution in [2.45, 2.75) is 64.8 Å². The van der Waals surface area contributed by atoms with E-state index in [9.17, 15) is 4.79 Å². The average Bonchev–Trinajstić information content (AvgIpc) is 3.26. The Morgan fingerprint density at radius 1 is 1.20 bits per heavy atom. The maximum Gasteiger partial charge on any atom is 0.327 e. The first-order valence-corrected chi connectivity index (χ1v) is 8.26. The topological polar surface area (TPSA) is 55.6 Å². The lowest BCUT2D eigenvalue weighted by Crippen LogP contribution is -2.59. The van der Waals surface area contributed by atoms with Crippen molar-refractivity contribution in [3.8, 4) is 0 Å². The quantitative estimate of drug-likeness (QED) is 0.592. The molecule has 0 aromatic heterocycles. The first kappa shape index (κ1) is 17.4. The molecule has 0 radical (unpaired) electrons. The fourth-order valence-electron chi connectivity index (χ4n) is 2.63. The van der Waals surface area contributed by atoms with Gasteiger partial charge in [0, 0.05) is 6.54 Å². The minimum Gasteiger partial charge on any atom is -0.465 e. The predicted octanol–water partition coefficient (Wildman–Crippen LogP) is 2.56. The smallest absolute Gasteiger partial charge is 0.327 e. The lowest BCUT2D eigenvalue weighted by molar-refractivity contribution is -0.151. The van der Waals surface area contributed by atoms with E-state index in [1.165, 1.54) is 12.8 Å². The molecule has 1 rings (SSSR count). The summed E-state index contributed by atoms with van der Waals surface area (Å²) >= 11 is 0. The molecule has 0 saturated heterocycles. The maximum absolute atomic E-state index is 12.3. The second kappa shape index (κ2) is 8.63. The van der Waals surface area contributed by atoms with Gasteiger partial charge in [0.1, 0.15) is 5.54 Å². The maximum atomic E-state index is 12.3. The molecule has 0 spiro atoms. The molecule has 0 aliphatic heterocycles. The minimum atomic E-state index is -0.794. The molecule has 1 aliphatic rings. The van der Waals surface area contributed by atoms with E-state index in [1.807, 2.05) is 6.92 Å². The minimum absolute atomic E-state index is 0.208. The Labute approximate surface area is 124 Å². The van der Waals surface area contributed by atoms with Gasteiger partial charge in [-0.3, -0.25) is 0 Å². The van der Waals surface area contributed by atoms with Crippen molar-refractivity contribution in [2.75, 3.05) is 26.2 Å². The number of nitrogens with two attached hydrogens (primary N) is 1. The molecular weight excluding hydrogens is 252 g/mol. The third-order valence-corrected chi connectivity index (χ3v) is 4.10. The van der Waals surface area contributed by atoms with E-state index in [4.69, 9.17) is 10.5 Å². The molecule has 1 atom stereocenters. The molecule has 1 fully saturated rings. The van der Waals surface area contributed by atoms with Crippen molar-refractivity contribution >= 4 is 5.97 Å². The number of ether oxygens (including phenoxy) is 1. The number of carbonyl (C=O) groups is 1. The van der Waals surface area contributed by atoms with Crippen LogP contribution in [0.15, 0.2) is 0 Å². The fraction of sp³-hybridized carbons (Fsp3) is 0.938. The van der Waals surface area contributed by atoms with Crippen LogP contribution in [0.3, 0.4) is 0 Å². The molecule has 2 N–H and O–H groups in total. The van der Waals surface area contributed by atoms with E-state index in [2.05, 4.69) is 18.7 Å². The van der Waals surface area contributed by atoms with Crippen molar-refractivity contribution in [3.63, 3.8) is 0 Å². The first-order chi connectivity index (χ1) is 9.58. The molecule has 1 aliphatic carbocycles. The van der Waals surface area contributed by atoms with E-state index in [0.29, 0.717) is 19.1 Å². The van der Waals surface area contributed by atoms with Crippen LogP contribution in [0.25, 0.3) is 0 Å². The SMILES string of the molecule is CCCCN(CCCC)CC(N)(C(=O)OCC)C1CC1. The van der Waals surface area contributed by atoms with Crippen molar-refractivity contribution in [1.29, 1.82) is 0 Å². The number of hydrogen-bond donors (Lipinski definition) is 1. The third kappa shape index (κ3) is 5.06. The summed E-state index contributed by atoms with van der Waals surface area (Å²) in [5.41, 5.74) is 5.67. The highest BCUT2D eigenvalue weighted by Gasteiger charge is 2.49. The average molecular weight is 284 g/mol. The molecule has 4 nitrogen and oxygen atoms in total. The summed E-state index contributed by atoms with van der Waals surface area (Å²) in [4.78, 5) is 14.6. The van der Waals surface area contributed by atoms with E-state index in [-0.39, 0.29) is 5.97 Å². The Morgan fingerprint density at radius 2 is 1.75 bits per heavy atom. The molecule has 0 amide bonds. The van der Waals surface area contributed by atoms with Crippen LogP contribution in [0.2, 0.25) is 0 Å². The van der Waals surface area contributed by atoms with Gasteiger partial charge in [0.15, 0.2) is 0 Å². The lowest BCUT2D eigenvalue weighted by Gasteiger charge is -2.33. The van der Waals surface area contributed by atoms with E-state index in [0.717, 1.165) is 38.8 Å². The summed E-state index contributed by atoms with van der Waals surface area (Å²) < 4.78 is 5.23. The largest absolute Gasteiger partial charge is 0.465 e. The fourth-order valence-corrected chi connectivity index (χ4v) is 2.63. The zero-order valence-electron chi connectivity index (χ0n) is 13.5. The van der Waals surface area contributed by atoms with Crippen molar-refractivity contribution in [1.82, 2.24) is 4.90 Å². The molecule has 20 heavy (non-hydrogen) atoms. The monoisotopic (exact) mass is 284 g/mol. The molecule has 1 saturated carbocycles. The van der Waals surface area contributed by atoms with Gasteiger partial charge in [-0.15, -0.1) is 0 Å². The number of rotatable bonds is 11. The van der Waals surface area contributed by atoms with Gasteiger partial charge < -0.3 is 15.4 Å². The van der Waals surface area contributed by atoms with Crippen LogP contribution in [0.1, 0.15) is 59.3 Å². The number of unbranched alkanes of at least 4 members (excludes halogenated alkanes) is 2. The second-order valence-electron chi connectivity index (χ2n) is 6.02. The van der Waals surface area contributed by atoms with Gasteiger partial charge in [0.25, 0.3) is 0 Å². The highest BCUT2D eigenvalue weighted by Crippen LogP contribution is 2.39. The molecule has 0 heterocycles. The summed E-state index contributed by atoms with van der Waals surface area (Å²) in [5.74, 6) is 0.104. The van der Waals surface area contributed by atoms with Gasteiger partial charge in [-0.05, 0) is 51.6 Å². The first-order valence-electron chi connectivity index (χ1n) is 8.26. The standard InChI is InChI=1S/C16H32N2O2/c1-4-7-11-18(12-8-5-2)13-16(17,14-9-10-14)15(19)20-6-3/h14H,4-13,17H2,1-3H3. The van der Waals surface area contributed by atoms with Crippen LogP contribution in [0.4, 0.5) is 0 Å². The number of hydrogen-bond acceptors (Lipinski definition) is 4. The molecule has 1 unspecified atom stereocenters. The van der Waals surface area contributed by atoms with Crippen molar-refractivity contribution in [3.05, 3.63) is 0 Å². The molecule has 118 valence electrons. The lowest BCUT2D eigenvalue weighted by atomic mass is 9.93. The summed E-state index contributed by atoms with van der Waals surface area (Å²) in [6.07, 6.45) is 6.78. The van der Waals surface area contributed by atoms with Crippen LogP contribution >= 0.6 is 0 Å². The van der Waals surface area contributed by atoms with Gasteiger partial charge in [-0.25, -0.2) is 4.79 Å². The zero-order valence-corrected chi connectivity index (χ0v) is 13.5. The van der Waals surface area contributed by atoms with E-state index in [1.54, 1.807) is 0 Å². The normalized spacial score (nSPS) is 18.1. The zero-order chi connectivity index (χ0) is 15.0. The van der Waals surface area contributed by atoms with E-state index < -0.39 is 5.54 Å². The Kier molecular flexibility index (Phi) is 7.52. The van der Waals surface area contributed by atoms with Gasteiger partial charge in [0.2, 0.25) is 0 Å². The molecule has 4 heteroatoms. The predicted molar refractivity (Wildman–Crippen MR) is 82.5 cm³/mol. The van der Waals surface area contributed by atoms with Gasteiger partial charge in [-0.2, -0.15) is 0 Å². The van der Waals surface area contributed by atoms with Crippen LogP contribution in [-0.2, 0) is 9.53 Å². The Bertz CT molecular complexity index is 284. The summed E-state index contributed by atoms with van der Waals surface area (Å²) in [7, 11) is 0. The van der Waals surface area contributed by atoms with Crippen LogP contribution in [0.5, 0.6) is 0 Å².